The standard InChI is InChI=1S/C16H22N2O3/c1-3-7-16(8-4-9-17-16)15(21)18-12-5-6-13(14(19)20)11(2)10-12/h5-6,10,17H,3-4,7-9H2,1-2H3,(H,18,21)(H,19,20). The molecule has 114 valence electrons. The van der Waals surface area contributed by atoms with Crippen LogP contribution >= 0.6 is 0 Å². The van der Waals surface area contributed by atoms with Crippen LogP contribution in [-0.2, 0) is 4.79 Å². The number of carbonyl (C=O) groups is 2. The first-order chi connectivity index (χ1) is 9.98. The lowest BCUT2D eigenvalue weighted by molar-refractivity contribution is -0.122. The summed E-state index contributed by atoms with van der Waals surface area (Å²) >= 11 is 0. The SMILES string of the molecule is CCCC1(C(=O)Nc2ccc(C(=O)O)c(C)c2)CCCN1. The molecule has 0 aliphatic carbocycles. The molecule has 1 fully saturated rings. The Morgan fingerprint density at radius 2 is 2.19 bits per heavy atom. The van der Waals surface area contributed by atoms with E-state index in [-0.39, 0.29) is 11.5 Å². The zero-order valence-electron chi connectivity index (χ0n) is 12.5. The van der Waals surface area contributed by atoms with E-state index in [2.05, 4.69) is 17.6 Å². The summed E-state index contributed by atoms with van der Waals surface area (Å²) in [6.07, 6.45) is 3.60. The third kappa shape index (κ3) is 3.24. The fourth-order valence-corrected chi connectivity index (χ4v) is 2.99. The molecule has 1 amide bonds. The minimum atomic E-state index is -0.953. The van der Waals surface area contributed by atoms with Crippen molar-refractivity contribution in [2.45, 2.75) is 45.1 Å². The number of hydrogen-bond donors (Lipinski definition) is 3. The summed E-state index contributed by atoms with van der Waals surface area (Å²) in [6.45, 7) is 4.67. The molecule has 5 nitrogen and oxygen atoms in total. The Balaban J connectivity index is 2.15. The van der Waals surface area contributed by atoms with Gasteiger partial charge in [-0.25, -0.2) is 4.79 Å². The molecular formula is C16H22N2O3. The first kappa shape index (κ1) is 15.5. The van der Waals surface area contributed by atoms with Crippen LogP contribution in [0.3, 0.4) is 0 Å². The molecule has 1 unspecified atom stereocenters. The van der Waals surface area contributed by atoms with Crippen LogP contribution in [0.1, 0.15) is 48.5 Å². The number of carboxylic acid groups (broad SMARTS) is 1. The van der Waals surface area contributed by atoms with Gasteiger partial charge in [-0.05, 0) is 56.5 Å². The van der Waals surface area contributed by atoms with Gasteiger partial charge in [0.25, 0.3) is 0 Å². The second kappa shape index (κ2) is 6.26. The van der Waals surface area contributed by atoms with Crippen molar-refractivity contribution in [3.8, 4) is 0 Å². The Morgan fingerprint density at radius 1 is 1.43 bits per heavy atom. The average molecular weight is 290 g/mol. The highest BCUT2D eigenvalue weighted by molar-refractivity contribution is 5.99. The molecule has 1 aromatic rings. The monoisotopic (exact) mass is 290 g/mol. The minimum absolute atomic E-state index is 0.0238. The number of carbonyl (C=O) groups excluding carboxylic acids is 1. The number of hydrogen-bond acceptors (Lipinski definition) is 3. The lowest BCUT2D eigenvalue weighted by Crippen LogP contribution is -2.50. The summed E-state index contributed by atoms with van der Waals surface area (Å²) in [4.78, 5) is 23.6. The zero-order valence-corrected chi connectivity index (χ0v) is 12.5. The third-order valence-electron chi connectivity index (χ3n) is 4.07. The summed E-state index contributed by atoms with van der Waals surface area (Å²) in [5.41, 5.74) is 1.07. The summed E-state index contributed by atoms with van der Waals surface area (Å²) < 4.78 is 0. The molecule has 3 N–H and O–H groups in total. The number of anilines is 1. The number of benzene rings is 1. The van der Waals surface area contributed by atoms with E-state index in [1.165, 1.54) is 6.07 Å². The van der Waals surface area contributed by atoms with Crippen LogP contribution in [-0.4, -0.2) is 29.1 Å². The topological polar surface area (TPSA) is 78.4 Å². The van der Waals surface area contributed by atoms with Gasteiger partial charge in [-0.1, -0.05) is 13.3 Å². The van der Waals surface area contributed by atoms with Gasteiger partial charge in [-0.15, -0.1) is 0 Å². The van der Waals surface area contributed by atoms with Crippen LogP contribution in [0.15, 0.2) is 18.2 Å². The van der Waals surface area contributed by atoms with E-state index >= 15 is 0 Å². The maximum absolute atomic E-state index is 12.6. The predicted molar refractivity (Wildman–Crippen MR) is 81.6 cm³/mol. The minimum Gasteiger partial charge on any atom is -0.478 e. The Labute approximate surface area is 124 Å². The lowest BCUT2D eigenvalue weighted by atomic mass is 9.90. The van der Waals surface area contributed by atoms with E-state index in [1.807, 2.05) is 0 Å². The summed E-state index contributed by atoms with van der Waals surface area (Å²) in [5.74, 6) is -0.977. The maximum atomic E-state index is 12.6. The number of amides is 1. The Bertz CT molecular complexity index is 548. The van der Waals surface area contributed by atoms with Crippen molar-refractivity contribution in [2.24, 2.45) is 0 Å². The van der Waals surface area contributed by atoms with Crippen molar-refractivity contribution >= 4 is 17.6 Å². The fourth-order valence-electron chi connectivity index (χ4n) is 2.99. The molecule has 1 heterocycles. The van der Waals surface area contributed by atoms with Crippen LogP contribution in [0, 0.1) is 6.92 Å². The molecule has 1 aliphatic heterocycles. The zero-order chi connectivity index (χ0) is 15.5. The molecule has 2 rings (SSSR count). The van der Waals surface area contributed by atoms with Crippen LogP contribution in [0.2, 0.25) is 0 Å². The predicted octanol–water partition coefficient (Wildman–Crippen LogP) is 2.55. The van der Waals surface area contributed by atoms with Crippen LogP contribution in [0.4, 0.5) is 5.69 Å². The van der Waals surface area contributed by atoms with Gasteiger partial charge < -0.3 is 15.7 Å². The number of aromatic carboxylic acids is 1. The lowest BCUT2D eigenvalue weighted by Gasteiger charge is -2.28. The van der Waals surface area contributed by atoms with Crippen molar-refractivity contribution in [1.29, 1.82) is 0 Å². The quantitative estimate of drug-likeness (QED) is 0.778. The van der Waals surface area contributed by atoms with Gasteiger partial charge in [0.15, 0.2) is 0 Å². The molecule has 0 radical (unpaired) electrons. The third-order valence-corrected chi connectivity index (χ3v) is 4.07. The van der Waals surface area contributed by atoms with Gasteiger partial charge in [-0.2, -0.15) is 0 Å². The summed E-state index contributed by atoms with van der Waals surface area (Å²) in [6, 6.07) is 4.88. The van der Waals surface area contributed by atoms with Crippen molar-refractivity contribution in [3.63, 3.8) is 0 Å². The Hall–Kier alpha value is -1.88. The number of rotatable bonds is 5. The molecule has 1 atom stereocenters. The normalized spacial score (nSPS) is 21.2. The molecule has 1 aliphatic rings. The highest BCUT2D eigenvalue weighted by Crippen LogP contribution is 2.27. The van der Waals surface area contributed by atoms with Gasteiger partial charge in [0.05, 0.1) is 11.1 Å². The molecule has 1 aromatic carbocycles. The Kier molecular flexibility index (Phi) is 4.63. The first-order valence-electron chi connectivity index (χ1n) is 7.39. The second-order valence-corrected chi connectivity index (χ2v) is 5.65. The van der Waals surface area contributed by atoms with Crippen LogP contribution < -0.4 is 10.6 Å². The van der Waals surface area contributed by atoms with Gasteiger partial charge in [-0.3, -0.25) is 4.79 Å². The Morgan fingerprint density at radius 3 is 2.71 bits per heavy atom. The van der Waals surface area contributed by atoms with Gasteiger partial charge in [0.2, 0.25) is 5.91 Å². The van der Waals surface area contributed by atoms with Gasteiger partial charge in [0.1, 0.15) is 0 Å². The molecule has 1 saturated heterocycles. The number of carboxylic acids is 1. The molecule has 0 aromatic heterocycles. The highest BCUT2D eigenvalue weighted by atomic mass is 16.4. The van der Waals surface area contributed by atoms with E-state index in [0.29, 0.717) is 11.3 Å². The van der Waals surface area contributed by atoms with E-state index in [9.17, 15) is 9.59 Å². The fraction of sp³-hybridized carbons (Fsp3) is 0.500. The van der Waals surface area contributed by atoms with Crippen molar-refractivity contribution in [3.05, 3.63) is 29.3 Å². The van der Waals surface area contributed by atoms with Crippen LogP contribution in [0.5, 0.6) is 0 Å². The highest BCUT2D eigenvalue weighted by Gasteiger charge is 2.39. The molecule has 21 heavy (non-hydrogen) atoms. The van der Waals surface area contributed by atoms with E-state index < -0.39 is 11.5 Å². The first-order valence-corrected chi connectivity index (χ1v) is 7.39. The molecule has 0 saturated carbocycles. The van der Waals surface area contributed by atoms with Crippen LogP contribution in [0.25, 0.3) is 0 Å². The summed E-state index contributed by atoms with van der Waals surface area (Å²) in [7, 11) is 0. The van der Waals surface area contributed by atoms with Gasteiger partial charge in [0, 0.05) is 5.69 Å². The van der Waals surface area contributed by atoms with Crippen molar-refractivity contribution in [2.75, 3.05) is 11.9 Å². The van der Waals surface area contributed by atoms with Crippen molar-refractivity contribution < 1.29 is 14.7 Å². The molecule has 0 spiro atoms. The number of nitrogens with one attached hydrogen (secondary N) is 2. The smallest absolute Gasteiger partial charge is 0.335 e. The second-order valence-electron chi connectivity index (χ2n) is 5.65. The van der Waals surface area contributed by atoms with Crippen molar-refractivity contribution in [1.82, 2.24) is 5.32 Å². The number of aryl methyl sites for hydroxylation is 1. The van der Waals surface area contributed by atoms with E-state index in [4.69, 9.17) is 5.11 Å². The molecule has 0 bridgehead atoms. The largest absolute Gasteiger partial charge is 0.478 e. The molecule has 5 heteroatoms. The molecular weight excluding hydrogens is 268 g/mol. The average Bonchev–Trinajstić information content (AvgIpc) is 2.88. The van der Waals surface area contributed by atoms with E-state index in [1.54, 1.807) is 19.1 Å². The van der Waals surface area contributed by atoms with E-state index in [0.717, 1.165) is 32.2 Å². The summed E-state index contributed by atoms with van der Waals surface area (Å²) in [5, 5.41) is 15.3. The van der Waals surface area contributed by atoms with Gasteiger partial charge >= 0.3 is 5.97 Å². The maximum Gasteiger partial charge on any atom is 0.335 e.